The fourth-order valence-corrected chi connectivity index (χ4v) is 3.25. The molecule has 0 bridgehead atoms. The lowest BCUT2D eigenvalue weighted by atomic mass is 9.82. The van der Waals surface area contributed by atoms with Gasteiger partial charge in [-0.2, -0.15) is 5.26 Å². The summed E-state index contributed by atoms with van der Waals surface area (Å²) >= 11 is 12.0. The molecule has 5 nitrogen and oxygen atoms in total. The summed E-state index contributed by atoms with van der Waals surface area (Å²) in [4.78, 5) is 13.0. The minimum atomic E-state index is -0.685. The maximum atomic E-state index is 13.0. The summed E-state index contributed by atoms with van der Waals surface area (Å²) in [5.41, 5.74) is 7.58. The van der Waals surface area contributed by atoms with Gasteiger partial charge in [0.2, 0.25) is 5.88 Å². The lowest BCUT2D eigenvalue weighted by Crippen LogP contribution is -2.27. The van der Waals surface area contributed by atoms with Crippen molar-refractivity contribution in [3.63, 3.8) is 0 Å². The van der Waals surface area contributed by atoms with E-state index in [0.717, 1.165) is 0 Å². The first-order chi connectivity index (χ1) is 12.9. The van der Waals surface area contributed by atoms with Crippen molar-refractivity contribution < 1.29 is 9.53 Å². The van der Waals surface area contributed by atoms with E-state index in [4.69, 9.17) is 33.7 Å². The van der Waals surface area contributed by atoms with Crippen molar-refractivity contribution in [1.82, 2.24) is 0 Å². The van der Waals surface area contributed by atoms with Gasteiger partial charge in [-0.15, -0.1) is 0 Å². The number of benzene rings is 2. The number of carbonyl (C=O) groups is 1. The van der Waals surface area contributed by atoms with E-state index in [1.807, 2.05) is 0 Å². The van der Waals surface area contributed by atoms with Crippen molar-refractivity contribution in [2.45, 2.75) is 12.8 Å². The van der Waals surface area contributed by atoms with Gasteiger partial charge in [0.15, 0.2) is 0 Å². The molecule has 0 radical (unpaired) electrons. The Morgan fingerprint density at radius 3 is 2.52 bits per heavy atom. The van der Waals surface area contributed by atoms with Crippen molar-refractivity contribution >= 4 is 34.8 Å². The molecule has 136 valence electrons. The van der Waals surface area contributed by atoms with E-state index >= 15 is 0 Å². The van der Waals surface area contributed by atoms with Gasteiger partial charge in [0.1, 0.15) is 17.4 Å². The molecule has 27 heavy (non-hydrogen) atoms. The molecule has 3 N–H and O–H groups in total. The fraction of sp³-hybridized carbons (Fsp3) is 0.100. The first-order valence-corrected chi connectivity index (χ1v) is 8.77. The first kappa shape index (κ1) is 18.8. The third kappa shape index (κ3) is 3.92. The van der Waals surface area contributed by atoms with Crippen molar-refractivity contribution in [2.24, 2.45) is 5.73 Å². The van der Waals surface area contributed by atoms with Crippen molar-refractivity contribution in [3.05, 3.63) is 86.9 Å². The summed E-state index contributed by atoms with van der Waals surface area (Å²) in [6, 6.07) is 15.7. The van der Waals surface area contributed by atoms with E-state index in [1.165, 1.54) is 0 Å². The number of halogens is 2. The van der Waals surface area contributed by atoms with Crippen molar-refractivity contribution in [3.8, 4) is 6.07 Å². The number of hydrogen-bond donors (Lipinski definition) is 2. The number of hydrogen-bond acceptors (Lipinski definition) is 4. The maximum Gasteiger partial charge on any atom is 0.255 e. The van der Waals surface area contributed by atoms with Crippen molar-refractivity contribution in [2.75, 3.05) is 5.32 Å². The van der Waals surface area contributed by atoms with Crippen LogP contribution in [-0.2, 0) is 9.53 Å². The molecule has 0 spiro atoms. The molecule has 2 aromatic rings. The Morgan fingerprint density at radius 1 is 1.19 bits per heavy atom. The second-order valence-corrected chi connectivity index (χ2v) is 6.78. The quantitative estimate of drug-likeness (QED) is 0.781. The second kappa shape index (κ2) is 7.75. The SMILES string of the molecule is CC1=C(C(=O)Nc2ccc(Cl)cc2)[C@H](c2cccc(Cl)c2)C(C#N)=C(N)O1. The molecule has 0 aromatic heterocycles. The van der Waals surface area contributed by atoms with Gasteiger partial charge in [-0.1, -0.05) is 35.3 Å². The number of carbonyl (C=O) groups excluding carboxylic acids is 1. The second-order valence-electron chi connectivity index (χ2n) is 5.91. The Bertz CT molecular complexity index is 1000. The average Bonchev–Trinajstić information content (AvgIpc) is 2.63. The van der Waals surface area contributed by atoms with Gasteiger partial charge in [-0.05, 0) is 48.9 Å². The van der Waals surface area contributed by atoms with Crippen molar-refractivity contribution in [1.29, 1.82) is 5.26 Å². The molecule has 1 aliphatic rings. The number of amides is 1. The van der Waals surface area contributed by atoms with Crippen LogP contribution in [0.25, 0.3) is 0 Å². The Hall–Kier alpha value is -2.94. The van der Waals surface area contributed by atoms with Crippen LogP contribution in [0, 0.1) is 11.3 Å². The third-order valence-electron chi connectivity index (χ3n) is 4.13. The number of nitrogens with two attached hydrogens (primary N) is 1. The highest BCUT2D eigenvalue weighted by Crippen LogP contribution is 2.40. The van der Waals surface area contributed by atoms with E-state index in [1.54, 1.807) is 55.5 Å². The molecule has 0 saturated heterocycles. The van der Waals surface area contributed by atoms with Gasteiger partial charge < -0.3 is 15.8 Å². The predicted molar refractivity (Wildman–Crippen MR) is 105 cm³/mol. The summed E-state index contributed by atoms with van der Waals surface area (Å²) < 4.78 is 5.46. The average molecular weight is 400 g/mol. The Morgan fingerprint density at radius 2 is 1.89 bits per heavy atom. The number of nitriles is 1. The number of nitrogens with zero attached hydrogens (tertiary/aromatic N) is 1. The van der Waals surface area contributed by atoms with Gasteiger partial charge in [0, 0.05) is 15.7 Å². The van der Waals surface area contributed by atoms with Crippen LogP contribution in [-0.4, -0.2) is 5.91 Å². The number of ether oxygens (including phenoxy) is 1. The molecule has 1 aliphatic heterocycles. The predicted octanol–water partition coefficient (Wildman–Crippen LogP) is 4.71. The smallest absolute Gasteiger partial charge is 0.255 e. The number of nitrogens with one attached hydrogen (secondary N) is 1. The molecule has 0 saturated carbocycles. The summed E-state index contributed by atoms with van der Waals surface area (Å²) in [6.45, 7) is 1.63. The Labute approximate surface area is 166 Å². The Kier molecular flexibility index (Phi) is 5.41. The number of allylic oxidation sites excluding steroid dienone is 2. The molecule has 7 heteroatoms. The van der Waals surface area contributed by atoms with Gasteiger partial charge in [0.25, 0.3) is 5.91 Å². The molecule has 1 amide bonds. The van der Waals surface area contributed by atoms with E-state index in [-0.39, 0.29) is 17.0 Å². The van der Waals surface area contributed by atoms with Crippen LogP contribution in [0.2, 0.25) is 10.0 Å². The first-order valence-electron chi connectivity index (χ1n) is 8.01. The Balaban J connectivity index is 2.04. The summed E-state index contributed by atoms with van der Waals surface area (Å²) in [5.74, 6) is -0.791. The standard InChI is InChI=1S/C20H15Cl2N3O2/c1-11-17(20(26)25-15-7-5-13(21)6-8-15)18(16(10-23)19(24)27-11)12-3-2-4-14(22)9-12/h2-9,18H,24H2,1H3,(H,25,26)/t18-/m1/s1. The highest BCUT2D eigenvalue weighted by Gasteiger charge is 2.35. The monoisotopic (exact) mass is 399 g/mol. The molecule has 0 unspecified atom stereocenters. The van der Waals surface area contributed by atoms with Crippen LogP contribution in [0.5, 0.6) is 0 Å². The summed E-state index contributed by atoms with van der Waals surface area (Å²) in [7, 11) is 0. The van der Waals surface area contributed by atoms with Crippen LogP contribution in [0.15, 0.2) is 71.3 Å². The zero-order valence-electron chi connectivity index (χ0n) is 14.3. The number of anilines is 1. The van der Waals surface area contributed by atoms with E-state index in [9.17, 15) is 10.1 Å². The van der Waals surface area contributed by atoms with E-state index in [2.05, 4.69) is 11.4 Å². The molecule has 1 heterocycles. The molecule has 0 fully saturated rings. The van der Waals surface area contributed by atoms with Gasteiger partial charge in [-0.25, -0.2) is 0 Å². The molecule has 1 atom stereocenters. The van der Waals surface area contributed by atoms with Gasteiger partial charge in [-0.3, -0.25) is 4.79 Å². The third-order valence-corrected chi connectivity index (χ3v) is 4.62. The van der Waals surface area contributed by atoms with Crippen LogP contribution >= 0.6 is 23.2 Å². The van der Waals surface area contributed by atoms with E-state index in [0.29, 0.717) is 27.1 Å². The topological polar surface area (TPSA) is 88.1 Å². The normalized spacial score (nSPS) is 16.6. The summed E-state index contributed by atoms with van der Waals surface area (Å²) in [6.07, 6.45) is 0. The van der Waals surface area contributed by atoms with Crippen LogP contribution in [0.4, 0.5) is 5.69 Å². The van der Waals surface area contributed by atoms with Crippen LogP contribution in [0.1, 0.15) is 18.4 Å². The number of rotatable bonds is 3. The minimum Gasteiger partial charge on any atom is -0.445 e. The summed E-state index contributed by atoms with van der Waals surface area (Å²) in [5, 5.41) is 13.5. The minimum absolute atomic E-state index is 0.0250. The zero-order valence-corrected chi connectivity index (χ0v) is 15.8. The molecule has 0 aliphatic carbocycles. The fourth-order valence-electron chi connectivity index (χ4n) is 2.93. The lowest BCUT2D eigenvalue weighted by Gasteiger charge is -2.27. The highest BCUT2D eigenvalue weighted by molar-refractivity contribution is 6.31. The molecular weight excluding hydrogens is 385 g/mol. The van der Waals surface area contributed by atoms with Crippen LogP contribution < -0.4 is 11.1 Å². The maximum absolute atomic E-state index is 13.0. The lowest BCUT2D eigenvalue weighted by molar-refractivity contribution is -0.113. The molecular formula is C20H15Cl2N3O2. The zero-order chi connectivity index (χ0) is 19.6. The largest absolute Gasteiger partial charge is 0.445 e. The molecule has 3 rings (SSSR count). The van der Waals surface area contributed by atoms with E-state index < -0.39 is 11.8 Å². The van der Waals surface area contributed by atoms with Crippen LogP contribution in [0.3, 0.4) is 0 Å². The van der Waals surface area contributed by atoms with Gasteiger partial charge in [0.05, 0.1) is 11.5 Å². The molecule has 2 aromatic carbocycles. The highest BCUT2D eigenvalue weighted by atomic mass is 35.5. The van der Waals surface area contributed by atoms with Gasteiger partial charge >= 0.3 is 0 Å².